The average Bonchev–Trinajstić information content (AvgIpc) is 2.88. The van der Waals surface area contributed by atoms with Crippen LogP contribution < -0.4 is 10.6 Å². The maximum absolute atomic E-state index is 12.7. The molecule has 4 aromatic rings. The summed E-state index contributed by atoms with van der Waals surface area (Å²) in [6.07, 6.45) is 0. The summed E-state index contributed by atoms with van der Waals surface area (Å²) in [6.45, 7) is 0. The van der Waals surface area contributed by atoms with Gasteiger partial charge in [-0.3, -0.25) is 9.59 Å². The zero-order valence-corrected chi connectivity index (χ0v) is 19.5. The molecule has 0 aromatic heterocycles. The number of rotatable bonds is 7. The van der Waals surface area contributed by atoms with Gasteiger partial charge in [0.1, 0.15) is 11.5 Å². The molecule has 0 atom stereocenters. The SMILES string of the molecule is O=C(O)c1cc(-c2ccc(C(=O)Nc3cccc(O)c3)c(C(=O)O)c2)ccc1C(=O)Nc1cccc(O)c1. The van der Waals surface area contributed by atoms with Crippen molar-refractivity contribution in [3.8, 4) is 22.6 Å². The van der Waals surface area contributed by atoms with Gasteiger partial charge in [-0.1, -0.05) is 24.3 Å². The number of carbonyl (C=O) groups excluding carboxylic acids is 2. The molecule has 0 radical (unpaired) electrons. The first-order valence-electron chi connectivity index (χ1n) is 11.1. The van der Waals surface area contributed by atoms with E-state index in [1.807, 2.05) is 0 Å². The van der Waals surface area contributed by atoms with Gasteiger partial charge in [0.05, 0.1) is 22.3 Å². The second kappa shape index (κ2) is 10.5. The zero-order chi connectivity index (χ0) is 27.4. The van der Waals surface area contributed by atoms with Gasteiger partial charge < -0.3 is 31.1 Å². The van der Waals surface area contributed by atoms with E-state index in [1.165, 1.54) is 84.9 Å². The third kappa shape index (κ3) is 5.60. The number of carboxylic acids is 2. The molecule has 0 spiro atoms. The lowest BCUT2D eigenvalue weighted by molar-refractivity contribution is 0.0683. The van der Waals surface area contributed by atoms with Crippen molar-refractivity contribution in [2.75, 3.05) is 10.6 Å². The summed E-state index contributed by atoms with van der Waals surface area (Å²) in [5.74, 6) is -4.36. The van der Waals surface area contributed by atoms with E-state index < -0.39 is 23.8 Å². The molecule has 0 saturated heterocycles. The monoisotopic (exact) mass is 512 g/mol. The number of carbonyl (C=O) groups is 4. The number of amides is 2. The summed E-state index contributed by atoms with van der Waals surface area (Å²) in [4.78, 5) is 49.4. The first-order valence-corrected chi connectivity index (χ1v) is 11.1. The van der Waals surface area contributed by atoms with Crippen molar-refractivity contribution < 1.29 is 39.6 Å². The number of hydrogen-bond acceptors (Lipinski definition) is 6. The van der Waals surface area contributed by atoms with Gasteiger partial charge in [0.25, 0.3) is 11.8 Å². The van der Waals surface area contributed by atoms with Gasteiger partial charge in [0, 0.05) is 23.5 Å². The summed E-state index contributed by atoms with van der Waals surface area (Å²) >= 11 is 0. The van der Waals surface area contributed by atoms with Crippen LogP contribution in [0.2, 0.25) is 0 Å². The first kappa shape index (κ1) is 25.5. The third-order valence-electron chi connectivity index (χ3n) is 5.53. The Kier molecular flexibility index (Phi) is 7.06. The molecule has 10 nitrogen and oxygen atoms in total. The number of anilines is 2. The van der Waals surface area contributed by atoms with Crippen molar-refractivity contribution in [3.63, 3.8) is 0 Å². The number of hydrogen-bond donors (Lipinski definition) is 6. The highest BCUT2D eigenvalue weighted by Crippen LogP contribution is 2.27. The van der Waals surface area contributed by atoms with Crippen molar-refractivity contribution in [2.24, 2.45) is 0 Å². The van der Waals surface area contributed by atoms with Crippen LogP contribution in [0.15, 0.2) is 84.9 Å². The Morgan fingerprint density at radius 1 is 0.500 bits per heavy atom. The molecule has 0 unspecified atom stereocenters. The fraction of sp³-hybridized carbons (Fsp3) is 0. The second-order valence-corrected chi connectivity index (χ2v) is 8.14. The van der Waals surface area contributed by atoms with E-state index in [2.05, 4.69) is 10.6 Å². The summed E-state index contributed by atoms with van der Waals surface area (Å²) < 4.78 is 0. The highest BCUT2D eigenvalue weighted by atomic mass is 16.4. The van der Waals surface area contributed by atoms with Crippen molar-refractivity contribution in [1.29, 1.82) is 0 Å². The van der Waals surface area contributed by atoms with Gasteiger partial charge in [-0.05, 0) is 59.7 Å². The third-order valence-corrected chi connectivity index (χ3v) is 5.53. The number of nitrogens with one attached hydrogen (secondary N) is 2. The zero-order valence-electron chi connectivity index (χ0n) is 19.5. The normalized spacial score (nSPS) is 10.4. The van der Waals surface area contributed by atoms with Crippen LogP contribution in [-0.2, 0) is 0 Å². The van der Waals surface area contributed by atoms with E-state index in [0.717, 1.165) is 0 Å². The van der Waals surface area contributed by atoms with E-state index in [4.69, 9.17) is 0 Å². The van der Waals surface area contributed by atoms with Gasteiger partial charge in [-0.2, -0.15) is 0 Å². The number of aromatic hydroxyl groups is 2. The minimum Gasteiger partial charge on any atom is -0.508 e. The van der Waals surface area contributed by atoms with Crippen LogP contribution in [0.3, 0.4) is 0 Å². The molecule has 38 heavy (non-hydrogen) atoms. The maximum Gasteiger partial charge on any atom is 0.336 e. The number of carboxylic acid groups (broad SMARTS) is 2. The summed E-state index contributed by atoms with van der Waals surface area (Å²) in [5.41, 5.74) is 0.181. The van der Waals surface area contributed by atoms with E-state index in [1.54, 1.807) is 0 Å². The van der Waals surface area contributed by atoms with Crippen molar-refractivity contribution in [1.82, 2.24) is 0 Å². The second-order valence-electron chi connectivity index (χ2n) is 8.14. The van der Waals surface area contributed by atoms with Gasteiger partial charge in [0.2, 0.25) is 0 Å². The van der Waals surface area contributed by atoms with Crippen molar-refractivity contribution in [2.45, 2.75) is 0 Å². The molecule has 0 aliphatic rings. The minimum atomic E-state index is -1.38. The van der Waals surface area contributed by atoms with Crippen LogP contribution in [-0.4, -0.2) is 44.2 Å². The van der Waals surface area contributed by atoms with E-state index in [-0.39, 0.29) is 45.1 Å². The molecule has 2 amide bonds. The number of phenols is 2. The van der Waals surface area contributed by atoms with Crippen molar-refractivity contribution >= 4 is 35.1 Å². The molecule has 6 N–H and O–H groups in total. The van der Waals surface area contributed by atoms with Crippen LogP contribution >= 0.6 is 0 Å². The fourth-order valence-corrected chi connectivity index (χ4v) is 3.76. The predicted molar refractivity (Wildman–Crippen MR) is 138 cm³/mol. The molecule has 10 heteroatoms. The lowest BCUT2D eigenvalue weighted by Gasteiger charge is -2.12. The standard InChI is InChI=1S/C28H20N2O8/c31-19-5-1-3-17(13-19)29-25(33)21-9-7-15(11-23(21)27(35)36)16-8-10-22(24(12-16)28(37)38)26(34)30-18-4-2-6-20(32)14-18/h1-14,31-32H,(H,29,33)(H,30,34)(H,35,36)(H,37,38). The Morgan fingerprint density at radius 3 is 1.24 bits per heavy atom. The molecule has 4 aromatic carbocycles. The molecule has 0 bridgehead atoms. The topological polar surface area (TPSA) is 173 Å². The molecule has 190 valence electrons. The molecule has 0 aliphatic heterocycles. The average molecular weight is 512 g/mol. The lowest BCUT2D eigenvalue weighted by atomic mass is 9.95. The molecule has 0 heterocycles. The Labute approximate surface area is 215 Å². The van der Waals surface area contributed by atoms with Gasteiger partial charge >= 0.3 is 11.9 Å². The van der Waals surface area contributed by atoms with Gasteiger partial charge in [-0.25, -0.2) is 9.59 Å². The highest BCUT2D eigenvalue weighted by molar-refractivity contribution is 6.12. The van der Waals surface area contributed by atoms with E-state index in [9.17, 15) is 39.6 Å². The molecular weight excluding hydrogens is 492 g/mol. The fourth-order valence-electron chi connectivity index (χ4n) is 3.76. The quantitative estimate of drug-likeness (QED) is 0.207. The largest absolute Gasteiger partial charge is 0.508 e. The molecule has 0 fully saturated rings. The molecule has 4 rings (SSSR count). The van der Waals surface area contributed by atoms with Crippen LogP contribution in [0, 0.1) is 0 Å². The van der Waals surface area contributed by atoms with E-state index in [0.29, 0.717) is 11.1 Å². The van der Waals surface area contributed by atoms with Crippen molar-refractivity contribution in [3.05, 3.63) is 107 Å². The smallest absolute Gasteiger partial charge is 0.336 e. The number of benzene rings is 4. The Balaban J connectivity index is 1.66. The predicted octanol–water partition coefficient (Wildman–Crippen LogP) is 4.67. The van der Waals surface area contributed by atoms with Gasteiger partial charge in [-0.15, -0.1) is 0 Å². The van der Waals surface area contributed by atoms with Crippen LogP contribution in [0.5, 0.6) is 11.5 Å². The maximum atomic E-state index is 12.7. The van der Waals surface area contributed by atoms with Gasteiger partial charge in [0.15, 0.2) is 0 Å². The Morgan fingerprint density at radius 2 is 0.895 bits per heavy atom. The minimum absolute atomic E-state index is 0.0788. The summed E-state index contributed by atoms with van der Waals surface area (Å²) in [6, 6.07) is 19.5. The number of aromatic carboxylic acids is 2. The summed E-state index contributed by atoms with van der Waals surface area (Å²) in [5, 5.41) is 43.7. The van der Waals surface area contributed by atoms with Crippen LogP contribution in [0.25, 0.3) is 11.1 Å². The molecule has 0 aliphatic carbocycles. The molecule has 0 saturated carbocycles. The summed E-state index contributed by atoms with van der Waals surface area (Å²) in [7, 11) is 0. The van der Waals surface area contributed by atoms with Crippen LogP contribution in [0.4, 0.5) is 11.4 Å². The van der Waals surface area contributed by atoms with Crippen LogP contribution in [0.1, 0.15) is 41.4 Å². The highest BCUT2D eigenvalue weighted by Gasteiger charge is 2.21. The lowest BCUT2D eigenvalue weighted by Crippen LogP contribution is -2.17. The Hall–Kier alpha value is -5.64. The Bertz CT molecular complexity index is 1480. The molecular formula is C28H20N2O8. The number of phenolic OH excluding ortho intramolecular Hbond substituents is 2. The first-order chi connectivity index (χ1) is 18.1. The van der Waals surface area contributed by atoms with E-state index >= 15 is 0 Å².